The first-order valence-corrected chi connectivity index (χ1v) is 16.4. The topological polar surface area (TPSA) is 22.2 Å². The molecular weight excluding hydrogens is 583 g/mol. The molecule has 10 aromatic rings. The number of pyridine rings is 1. The van der Waals surface area contributed by atoms with Gasteiger partial charge in [-0.1, -0.05) is 140 Å². The molecule has 0 radical (unpaired) electrons. The molecule has 0 amide bonds. The maximum atomic E-state index is 5.42. The van der Waals surface area contributed by atoms with Gasteiger partial charge in [0, 0.05) is 21.8 Å². The number of benzene rings is 7. The highest BCUT2D eigenvalue weighted by Crippen LogP contribution is 2.40. The number of para-hydroxylation sites is 2. The van der Waals surface area contributed by atoms with Crippen LogP contribution in [0.3, 0.4) is 0 Å². The van der Waals surface area contributed by atoms with E-state index < -0.39 is 0 Å². The maximum absolute atomic E-state index is 5.42. The lowest BCUT2D eigenvalue weighted by Crippen LogP contribution is -2.00. The van der Waals surface area contributed by atoms with Crippen LogP contribution in [0.15, 0.2) is 176 Å². The Labute approximate surface area is 277 Å². The Morgan fingerprint density at radius 2 is 0.854 bits per heavy atom. The molecule has 3 heteroatoms. The summed E-state index contributed by atoms with van der Waals surface area (Å²) in [7, 11) is 0. The molecule has 0 fully saturated rings. The van der Waals surface area contributed by atoms with E-state index in [0.717, 1.165) is 44.3 Å². The van der Waals surface area contributed by atoms with E-state index in [0.29, 0.717) is 0 Å². The summed E-state index contributed by atoms with van der Waals surface area (Å²) < 4.78 is 4.79. The molecule has 3 aromatic heterocycles. The number of hydrogen-bond donors (Lipinski definition) is 0. The Balaban J connectivity index is 1.33. The highest BCUT2D eigenvalue weighted by molar-refractivity contribution is 6.16. The van der Waals surface area contributed by atoms with Crippen LogP contribution in [0, 0.1) is 0 Å². The molecular formula is C45H29N3. The number of rotatable bonds is 4. The molecule has 7 aromatic carbocycles. The minimum Gasteiger partial charge on any atom is -0.294 e. The van der Waals surface area contributed by atoms with E-state index in [1.54, 1.807) is 0 Å². The smallest absolute Gasteiger partial charge is 0.151 e. The average molecular weight is 612 g/mol. The van der Waals surface area contributed by atoms with E-state index >= 15 is 0 Å². The van der Waals surface area contributed by atoms with Gasteiger partial charge in [-0.05, 0) is 75.2 Å². The lowest BCUT2D eigenvalue weighted by Gasteiger charge is -2.15. The van der Waals surface area contributed by atoms with Gasteiger partial charge in [-0.15, -0.1) is 0 Å². The summed E-state index contributed by atoms with van der Waals surface area (Å²) in [5, 5.41) is 4.73. The highest BCUT2D eigenvalue weighted by Gasteiger charge is 2.22. The number of imidazole rings is 1. The first-order valence-electron chi connectivity index (χ1n) is 16.4. The average Bonchev–Trinajstić information content (AvgIpc) is 3.71. The summed E-state index contributed by atoms with van der Waals surface area (Å²) in [6.45, 7) is 0. The molecule has 0 saturated carbocycles. The predicted molar refractivity (Wildman–Crippen MR) is 201 cm³/mol. The lowest BCUT2D eigenvalue weighted by atomic mass is 9.95. The number of fused-ring (bicyclic) bond motifs is 10. The van der Waals surface area contributed by atoms with Crippen molar-refractivity contribution >= 4 is 49.4 Å². The van der Waals surface area contributed by atoms with E-state index in [2.05, 4.69) is 185 Å². The Kier molecular flexibility index (Phi) is 5.87. The van der Waals surface area contributed by atoms with Crippen molar-refractivity contribution in [3.8, 4) is 39.1 Å². The van der Waals surface area contributed by atoms with E-state index in [-0.39, 0.29) is 0 Å². The third-order valence-corrected chi connectivity index (χ3v) is 9.65. The molecule has 0 atom stereocenters. The summed E-state index contributed by atoms with van der Waals surface area (Å²) in [6.07, 6.45) is 0. The van der Waals surface area contributed by atoms with E-state index in [4.69, 9.17) is 4.98 Å². The number of aromatic nitrogens is 3. The first-order chi connectivity index (χ1) is 23.8. The Morgan fingerprint density at radius 1 is 0.354 bits per heavy atom. The van der Waals surface area contributed by atoms with Crippen LogP contribution in [-0.2, 0) is 0 Å². The second-order valence-corrected chi connectivity index (χ2v) is 12.4. The fourth-order valence-electron chi connectivity index (χ4n) is 7.47. The molecule has 224 valence electrons. The van der Waals surface area contributed by atoms with Crippen LogP contribution in [0.2, 0.25) is 0 Å². The zero-order valence-electron chi connectivity index (χ0n) is 26.1. The molecule has 0 saturated heterocycles. The normalized spacial score (nSPS) is 11.8. The first kappa shape index (κ1) is 26.7. The molecule has 0 spiro atoms. The minimum absolute atomic E-state index is 0.976. The summed E-state index contributed by atoms with van der Waals surface area (Å²) in [4.78, 5) is 5.42. The summed E-state index contributed by atoms with van der Waals surface area (Å²) in [5.74, 6) is 0. The summed E-state index contributed by atoms with van der Waals surface area (Å²) in [6, 6.07) is 63.2. The molecule has 0 unspecified atom stereocenters. The van der Waals surface area contributed by atoms with Gasteiger partial charge in [0.1, 0.15) is 11.2 Å². The summed E-state index contributed by atoms with van der Waals surface area (Å²) >= 11 is 0. The zero-order valence-corrected chi connectivity index (χ0v) is 26.1. The van der Waals surface area contributed by atoms with Gasteiger partial charge in [-0.3, -0.25) is 8.97 Å². The number of nitrogens with zero attached hydrogens (tertiary/aromatic N) is 3. The second-order valence-electron chi connectivity index (χ2n) is 12.4. The van der Waals surface area contributed by atoms with Crippen LogP contribution in [-0.4, -0.2) is 14.0 Å². The molecule has 48 heavy (non-hydrogen) atoms. The molecule has 3 nitrogen and oxygen atoms in total. The minimum atomic E-state index is 0.976. The monoisotopic (exact) mass is 611 g/mol. The molecule has 0 aliphatic rings. The quantitative estimate of drug-likeness (QED) is 0.182. The zero-order chi connectivity index (χ0) is 31.6. The SMILES string of the molecule is c1ccc(-c2cccc(-c3cc(-c4ccccc4)cc(-n4c5ccccc5c5nc6c7ccccc7c7ccccc7n6c54)c3)c2)cc1. The standard InChI is InChI=1S/C45H29N3/c1-3-14-30(15-4-1)32-18-13-19-33(26-32)35-27-34(31-16-5-2-6-17-31)28-36(29-35)47-42-25-12-10-23-40(42)43-45(47)48-41-24-11-9-21-38(41)37-20-7-8-22-39(37)44(48)46-43/h1-29H. The molecule has 0 N–H and O–H groups in total. The third-order valence-electron chi connectivity index (χ3n) is 9.65. The van der Waals surface area contributed by atoms with Gasteiger partial charge in [0.25, 0.3) is 0 Å². The molecule has 0 aliphatic heterocycles. The van der Waals surface area contributed by atoms with Crippen molar-refractivity contribution < 1.29 is 0 Å². The highest BCUT2D eigenvalue weighted by atomic mass is 15.2. The Hall–Kier alpha value is -6.45. The molecule has 0 aliphatic carbocycles. The van der Waals surface area contributed by atoms with Crippen molar-refractivity contribution in [2.45, 2.75) is 0 Å². The van der Waals surface area contributed by atoms with Gasteiger partial charge in [0.05, 0.1) is 11.0 Å². The van der Waals surface area contributed by atoms with Gasteiger partial charge < -0.3 is 0 Å². The van der Waals surface area contributed by atoms with Crippen molar-refractivity contribution in [3.63, 3.8) is 0 Å². The van der Waals surface area contributed by atoms with E-state index in [9.17, 15) is 0 Å². The predicted octanol–water partition coefficient (Wildman–Crippen LogP) is 11.7. The third kappa shape index (κ3) is 4.04. The van der Waals surface area contributed by atoms with Gasteiger partial charge in [-0.2, -0.15) is 0 Å². The van der Waals surface area contributed by atoms with Crippen LogP contribution in [0.25, 0.3) is 88.5 Å². The van der Waals surface area contributed by atoms with Gasteiger partial charge in [0.15, 0.2) is 5.65 Å². The van der Waals surface area contributed by atoms with Gasteiger partial charge >= 0.3 is 0 Å². The van der Waals surface area contributed by atoms with Crippen molar-refractivity contribution in [3.05, 3.63) is 176 Å². The molecule has 3 heterocycles. The van der Waals surface area contributed by atoms with Crippen LogP contribution in [0.5, 0.6) is 0 Å². The Bertz CT molecular complexity index is 2820. The summed E-state index contributed by atoms with van der Waals surface area (Å²) in [5.41, 5.74) is 13.5. The lowest BCUT2D eigenvalue weighted by molar-refractivity contribution is 1.12. The second kappa shape index (κ2) is 10.5. The van der Waals surface area contributed by atoms with Gasteiger partial charge in [0.2, 0.25) is 0 Å². The van der Waals surface area contributed by atoms with Gasteiger partial charge in [-0.25, -0.2) is 4.98 Å². The van der Waals surface area contributed by atoms with Crippen molar-refractivity contribution in [2.24, 2.45) is 0 Å². The van der Waals surface area contributed by atoms with Crippen LogP contribution >= 0.6 is 0 Å². The fourth-order valence-corrected chi connectivity index (χ4v) is 7.47. The van der Waals surface area contributed by atoms with Crippen LogP contribution in [0.1, 0.15) is 0 Å². The van der Waals surface area contributed by atoms with E-state index in [1.807, 2.05) is 0 Å². The number of hydrogen-bond acceptors (Lipinski definition) is 1. The van der Waals surface area contributed by atoms with Crippen LogP contribution < -0.4 is 0 Å². The molecule has 10 rings (SSSR count). The van der Waals surface area contributed by atoms with Crippen molar-refractivity contribution in [1.82, 2.24) is 14.0 Å². The van der Waals surface area contributed by atoms with Crippen molar-refractivity contribution in [1.29, 1.82) is 0 Å². The maximum Gasteiger partial charge on any atom is 0.151 e. The Morgan fingerprint density at radius 3 is 1.58 bits per heavy atom. The van der Waals surface area contributed by atoms with E-state index in [1.165, 1.54) is 44.2 Å². The van der Waals surface area contributed by atoms with Crippen LogP contribution in [0.4, 0.5) is 0 Å². The molecule has 0 bridgehead atoms. The largest absolute Gasteiger partial charge is 0.294 e. The fraction of sp³-hybridized carbons (Fsp3) is 0. The van der Waals surface area contributed by atoms with Crippen molar-refractivity contribution in [2.75, 3.05) is 0 Å².